The smallest absolute Gasteiger partial charge is 0.247 e. The van der Waals surface area contributed by atoms with Crippen LogP contribution in [0.5, 0.6) is 0 Å². The van der Waals surface area contributed by atoms with Gasteiger partial charge in [0.25, 0.3) is 0 Å². The molecule has 0 aliphatic carbocycles. The fourth-order valence-corrected chi connectivity index (χ4v) is 9.54. The summed E-state index contributed by atoms with van der Waals surface area (Å²) in [7, 11) is -2.00. The van der Waals surface area contributed by atoms with Gasteiger partial charge < -0.3 is 13.9 Å². The molecule has 1 fully saturated rings. The Balaban J connectivity index is 2.79. The number of hydrogen-bond acceptors (Lipinski definition) is 5. The third kappa shape index (κ3) is 5.61. The number of hydrogen-bond donors (Lipinski definition) is 0. The van der Waals surface area contributed by atoms with Gasteiger partial charge in [-0.05, 0) is 30.5 Å². The summed E-state index contributed by atoms with van der Waals surface area (Å²) in [6.07, 6.45) is 1.48. The van der Waals surface area contributed by atoms with Crippen molar-refractivity contribution in [2.45, 2.75) is 90.3 Å². The Morgan fingerprint density at radius 1 is 1.24 bits per heavy atom. The lowest BCUT2D eigenvalue weighted by atomic mass is 10.2. The summed E-state index contributed by atoms with van der Waals surface area (Å²) in [5.41, 5.74) is 1.53. The molecular weight excluding hydrogens is 338 g/mol. The first-order valence-corrected chi connectivity index (χ1v) is 11.4. The minimum atomic E-state index is -2.00. The fraction of sp³-hybridized carbons (Fsp3) is 0.889. The molecule has 0 bridgehead atoms. The van der Waals surface area contributed by atoms with Gasteiger partial charge in [0.2, 0.25) is 5.70 Å². The average molecular weight is 374 g/mol. The van der Waals surface area contributed by atoms with Gasteiger partial charge in [-0.2, -0.15) is 0 Å². The second kappa shape index (κ2) is 8.75. The van der Waals surface area contributed by atoms with Crippen molar-refractivity contribution in [1.29, 1.82) is 0 Å². The maximum atomic E-state index is 11.4. The third-order valence-corrected chi connectivity index (χ3v) is 11.2. The zero-order valence-electron chi connectivity index (χ0n) is 17.0. The number of nitrogens with zero attached hydrogens (tertiary/aromatic N) is 1. The summed E-state index contributed by atoms with van der Waals surface area (Å²) in [6.45, 7) is 17.6. The van der Waals surface area contributed by atoms with Gasteiger partial charge in [0.05, 0.1) is 18.0 Å². The SMILES string of the molecule is CC(C)[Si](OCC/C(=C\[C@H]1COC(C)(C)O1)[N+](=O)[O-])(C(C)C)C(C)C. The predicted molar refractivity (Wildman–Crippen MR) is 102 cm³/mol. The van der Waals surface area contributed by atoms with Gasteiger partial charge >= 0.3 is 0 Å². The van der Waals surface area contributed by atoms with Crippen LogP contribution in [0.15, 0.2) is 11.8 Å². The van der Waals surface area contributed by atoms with E-state index >= 15 is 0 Å². The van der Waals surface area contributed by atoms with E-state index < -0.39 is 14.1 Å². The monoisotopic (exact) mass is 373 g/mol. The van der Waals surface area contributed by atoms with E-state index in [0.717, 1.165) is 0 Å². The Kier molecular flexibility index (Phi) is 7.80. The van der Waals surface area contributed by atoms with Crippen molar-refractivity contribution < 1.29 is 18.8 Å². The number of ether oxygens (including phenoxy) is 2. The fourth-order valence-electron chi connectivity index (χ4n) is 4.08. The Bertz CT molecular complexity index is 466. The average Bonchev–Trinajstić information content (AvgIpc) is 2.79. The maximum Gasteiger partial charge on any atom is 0.247 e. The van der Waals surface area contributed by atoms with Crippen LogP contribution in [0, 0.1) is 10.1 Å². The number of nitro groups is 1. The molecule has 7 heteroatoms. The van der Waals surface area contributed by atoms with Crippen molar-refractivity contribution in [2.75, 3.05) is 13.2 Å². The van der Waals surface area contributed by atoms with Crippen molar-refractivity contribution in [3.63, 3.8) is 0 Å². The topological polar surface area (TPSA) is 70.8 Å². The van der Waals surface area contributed by atoms with Crippen LogP contribution < -0.4 is 0 Å². The van der Waals surface area contributed by atoms with Crippen LogP contribution in [-0.2, 0) is 13.9 Å². The third-order valence-electron chi connectivity index (χ3n) is 5.06. The molecule has 0 saturated carbocycles. The van der Waals surface area contributed by atoms with Gasteiger partial charge in [0.1, 0.15) is 6.10 Å². The molecular formula is C18H35NO5Si. The van der Waals surface area contributed by atoms with Crippen LogP contribution in [-0.4, -0.2) is 38.3 Å². The highest BCUT2D eigenvalue weighted by Gasteiger charge is 2.45. The van der Waals surface area contributed by atoms with E-state index in [1.807, 2.05) is 13.8 Å². The molecule has 0 unspecified atom stereocenters. The second-order valence-corrected chi connectivity index (χ2v) is 13.7. The minimum absolute atomic E-state index is 0.144. The van der Waals surface area contributed by atoms with Crippen molar-refractivity contribution in [1.82, 2.24) is 0 Å². The van der Waals surface area contributed by atoms with E-state index in [1.54, 1.807) is 6.08 Å². The van der Waals surface area contributed by atoms with E-state index in [4.69, 9.17) is 13.9 Å². The van der Waals surface area contributed by atoms with Gasteiger partial charge in [-0.15, -0.1) is 0 Å². The zero-order valence-corrected chi connectivity index (χ0v) is 18.0. The Morgan fingerprint density at radius 3 is 2.12 bits per heavy atom. The van der Waals surface area contributed by atoms with Gasteiger partial charge in [-0.1, -0.05) is 41.5 Å². The molecule has 0 aromatic heterocycles. The Hall–Kier alpha value is -0.763. The van der Waals surface area contributed by atoms with Crippen molar-refractivity contribution >= 4 is 8.32 Å². The second-order valence-electron chi connectivity index (χ2n) is 8.20. The molecule has 1 saturated heterocycles. The van der Waals surface area contributed by atoms with E-state index in [2.05, 4.69) is 41.5 Å². The lowest BCUT2D eigenvalue weighted by molar-refractivity contribution is -0.428. The van der Waals surface area contributed by atoms with Crippen LogP contribution in [0.1, 0.15) is 61.8 Å². The van der Waals surface area contributed by atoms with Gasteiger partial charge in [-0.25, -0.2) is 0 Å². The zero-order chi connectivity index (χ0) is 19.4. The molecule has 0 aromatic rings. The molecule has 0 N–H and O–H groups in total. The molecule has 0 aromatic carbocycles. The van der Waals surface area contributed by atoms with Crippen molar-refractivity contribution in [3.8, 4) is 0 Å². The lowest BCUT2D eigenvalue weighted by Gasteiger charge is -2.42. The highest BCUT2D eigenvalue weighted by molar-refractivity contribution is 6.77. The Labute approximate surface area is 153 Å². The van der Waals surface area contributed by atoms with Gasteiger partial charge in [-0.3, -0.25) is 10.1 Å². The molecule has 1 aliphatic heterocycles. The van der Waals surface area contributed by atoms with E-state index in [1.165, 1.54) is 0 Å². The first kappa shape index (κ1) is 22.3. The van der Waals surface area contributed by atoms with E-state index in [0.29, 0.717) is 29.8 Å². The van der Waals surface area contributed by atoms with E-state index in [-0.39, 0.29) is 23.1 Å². The van der Waals surface area contributed by atoms with Crippen LogP contribution in [0.25, 0.3) is 0 Å². The van der Waals surface area contributed by atoms with Crippen LogP contribution >= 0.6 is 0 Å². The summed E-state index contributed by atoms with van der Waals surface area (Å²) in [4.78, 5) is 11.1. The summed E-state index contributed by atoms with van der Waals surface area (Å²) in [5, 5.41) is 11.4. The molecule has 1 aliphatic rings. The van der Waals surface area contributed by atoms with Crippen LogP contribution in [0.3, 0.4) is 0 Å². The summed E-state index contributed by atoms with van der Waals surface area (Å²) >= 11 is 0. The summed E-state index contributed by atoms with van der Waals surface area (Å²) < 4.78 is 17.6. The maximum absolute atomic E-state index is 11.4. The Morgan fingerprint density at radius 2 is 1.76 bits per heavy atom. The quantitative estimate of drug-likeness (QED) is 0.327. The van der Waals surface area contributed by atoms with Crippen molar-refractivity contribution in [3.05, 3.63) is 21.9 Å². The highest BCUT2D eigenvalue weighted by atomic mass is 28.4. The normalized spacial score (nSPS) is 21.6. The molecule has 25 heavy (non-hydrogen) atoms. The van der Waals surface area contributed by atoms with Crippen LogP contribution in [0.2, 0.25) is 16.6 Å². The van der Waals surface area contributed by atoms with Gasteiger partial charge in [0.15, 0.2) is 14.1 Å². The summed E-state index contributed by atoms with van der Waals surface area (Å²) in [6, 6.07) is 0. The van der Waals surface area contributed by atoms with Crippen molar-refractivity contribution in [2.24, 2.45) is 0 Å². The predicted octanol–water partition coefficient (Wildman–Crippen LogP) is 4.88. The summed E-state index contributed by atoms with van der Waals surface area (Å²) in [5.74, 6) is -0.686. The molecule has 1 heterocycles. The molecule has 0 radical (unpaired) electrons. The van der Waals surface area contributed by atoms with Crippen LogP contribution in [0.4, 0.5) is 0 Å². The standard InChI is InChI=1S/C18H35NO5Si/c1-13(2)25(14(3)4,15(5)6)23-10-9-16(19(20)21)11-17-12-22-18(7,8)24-17/h11,13-15,17H,9-10,12H2,1-8H3/b16-11+/t17-/m0/s1. The molecule has 0 amide bonds. The number of rotatable bonds is 9. The van der Waals surface area contributed by atoms with Gasteiger partial charge in [0, 0.05) is 12.7 Å². The molecule has 146 valence electrons. The van der Waals surface area contributed by atoms with E-state index in [9.17, 15) is 10.1 Å². The first-order chi connectivity index (χ1) is 11.4. The molecule has 0 spiro atoms. The lowest BCUT2D eigenvalue weighted by Crippen LogP contribution is -2.48. The largest absolute Gasteiger partial charge is 0.415 e. The minimum Gasteiger partial charge on any atom is -0.415 e. The highest BCUT2D eigenvalue weighted by Crippen LogP contribution is 2.42. The molecule has 1 atom stereocenters. The first-order valence-electron chi connectivity index (χ1n) is 9.23. The molecule has 1 rings (SSSR count). The molecule has 6 nitrogen and oxygen atoms in total.